The molecule has 0 bridgehead atoms. The summed E-state index contributed by atoms with van der Waals surface area (Å²) in [6, 6.07) is 15.7. The zero-order chi connectivity index (χ0) is 16.8. The minimum atomic E-state index is -0.260. The van der Waals surface area contributed by atoms with Gasteiger partial charge in [0.1, 0.15) is 5.82 Å². The fraction of sp³-hybridized carbons (Fsp3) is 0.0556. The van der Waals surface area contributed by atoms with Gasteiger partial charge in [0.05, 0.1) is 23.6 Å². The summed E-state index contributed by atoms with van der Waals surface area (Å²) in [7, 11) is 0. The predicted octanol–water partition coefficient (Wildman–Crippen LogP) is 4.16. The summed E-state index contributed by atoms with van der Waals surface area (Å²) in [5.74, 6) is -0.00525. The highest BCUT2D eigenvalue weighted by Gasteiger charge is 2.10. The standard InChI is InChI=1S/C18H14FN3OS/c19-15-6-2-1-5-14(15)12-24-17-8-4-3-7-16(17)22-18(23)13-9-10-20-21-11-13/h1-11H,12H2,(H,22,23). The molecule has 1 N–H and O–H groups in total. The zero-order valence-electron chi connectivity index (χ0n) is 12.6. The third-order valence-corrected chi connectivity index (χ3v) is 4.45. The third kappa shape index (κ3) is 3.97. The molecule has 1 amide bonds. The Kier molecular flexibility index (Phi) is 5.18. The second kappa shape index (κ2) is 7.70. The van der Waals surface area contributed by atoms with Crippen molar-refractivity contribution in [3.8, 4) is 0 Å². The maximum atomic E-state index is 13.7. The van der Waals surface area contributed by atoms with E-state index in [0.29, 0.717) is 22.6 Å². The summed E-state index contributed by atoms with van der Waals surface area (Å²) in [6.07, 6.45) is 2.87. The fourth-order valence-electron chi connectivity index (χ4n) is 2.09. The Morgan fingerprint density at radius 2 is 1.83 bits per heavy atom. The molecule has 6 heteroatoms. The van der Waals surface area contributed by atoms with Crippen molar-refractivity contribution in [3.05, 3.63) is 83.9 Å². The molecule has 1 aromatic heterocycles. The van der Waals surface area contributed by atoms with E-state index >= 15 is 0 Å². The van der Waals surface area contributed by atoms with Crippen LogP contribution in [-0.2, 0) is 5.75 Å². The number of rotatable bonds is 5. The molecule has 0 saturated heterocycles. The van der Waals surface area contributed by atoms with Gasteiger partial charge in [-0.1, -0.05) is 30.3 Å². The van der Waals surface area contributed by atoms with Crippen LogP contribution in [0.25, 0.3) is 0 Å². The highest BCUT2D eigenvalue weighted by molar-refractivity contribution is 7.98. The SMILES string of the molecule is O=C(Nc1ccccc1SCc1ccccc1F)c1ccnnc1. The number of hydrogen-bond acceptors (Lipinski definition) is 4. The summed E-state index contributed by atoms with van der Waals surface area (Å²) in [6.45, 7) is 0. The molecule has 0 atom stereocenters. The summed E-state index contributed by atoms with van der Waals surface area (Å²) in [4.78, 5) is 13.1. The Labute approximate surface area is 143 Å². The molecule has 0 saturated carbocycles. The van der Waals surface area contributed by atoms with Gasteiger partial charge in [-0.05, 0) is 29.8 Å². The van der Waals surface area contributed by atoms with Crippen LogP contribution < -0.4 is 5.32 Å². The van der Waals surface area contributed by atoms with E-state index < -0.39 is 0 Å². The molecule has 3 aromatic rings. The fourth-order valence-corrected chi connectivity index (χ4v) is 3.08. The van der Waals surface area contributed by atoms with Gasteiger partial charge in [0.2, 0.25) is 0 Å². The molecule has 0 aliphatic carbocycles. The Bertz CT molecular complexity index is 842. The van der Waals surface area contributed by atoms with Crippen LogP contribution in [0.15, 0.2) is 71.9 Å². The first kappa shape index (κ1) is 16.1. The topological polar surface area (TPSA) is 54.9 Å². The van der Waals surface area contributed by atoms with Crippen molar-refractivity contribution >= 4 is 23.4 Å². The van der Waals surface area contributed by atoms with Crippen molar-refractivity contribution in [2.45, 2.75) is 10.6 Å². The van der Waals surface area contributed by atoms with Crippen molar-refractivity contribution in [3.63, 3.8) is 0 Å². The third-order valence-electron chi connectivity index (χ3n) is 3.32. The first-order valence-corrected chi connectivity index (χ1v) is 8.26. The summed E-state index contributed by atoms with van der Waals surface area (Å²) in [5, 5.41) is 10.2. The second-order valence-electron chi connectivity index (χ2n) is 4.96. The number of carbonyl (C=O) groups is 1. The maximum Gasteiger partial charge on any atom is 0.257 e. The van der Waals surface area contributed by atoms with E-state index in [1.165, 1.54) is 30.2 Å². The minimum absolute atomic E-state index is 0.227. The molecular weight excluding hydrogens is 325 g/mol. The number of para-hydroxylation sites is 1. The molecule has 0 unspecified atom stereocenters. The highest BCUT2D eigenvalue weighted by atomic mass is 32.2. The van der Waals surface area contributed by atoms with Crippen LogP contribution in [0.1, 0.15) is 15.9 Å². The number of benzene rings is 2. The van der Waals surface area contributed by atoms with Gasteiger partial charge >= 0.3 is 0 Å². The molecule has 0 fully saturated rings. The lowest BCUT2D eigenvalue weighted by Gasteiger charge is -2.11. The van der Waals surface area contributed by atoms with Crippen molar-refractivity contribution in [2.24, 2.45) is 0 Å². The van der Waals surface area contributed by atoms with Crippen molar-refractivity contribution in [1.82, 2.24) is 10.2 Å². The largest absolute Gasteiger partial charge is 0.321 e. The molecule has 0 aliphatic rings. The lowest BCUT2D eigenvalue weighted by Crippen LogP contribution is -2.12. The smallest absolute Gasteiger partial charge is 0.257 e. The van der Waals surface area contributed by atoms with E-state index in [1.54, 1.807) is 18.2 Å². The average molecular weight is 339 g/mol. The first-order chi connectivity index (χ1) is 11.7. The van der Waals surface area contributed by atoms with E-state index in [9.17, 15) is 9.18 Å². The van der Waals surface area contributed by atoms with Gasteiger partial charge in [-0.15, -0.1) is 11.8 Å². The number of nitrogens with zero attached hydrogens (tertiary/aromatic N) is 2. The Balaban J connectivity index is 1.74. The quantitative estimate of drug-likeness (QED) is 0.709. The van der Waals surface area contributed by atoms with Crippen LogP contribution in [0.2, 0.25) is 0 Å². The second-order valence-corrected chi connectivity index (χ2v) is 5.98. The number of carbonyl (C=O) groups excluding carboxylic acids is 1. The van der Waals surface area contributed by atoms with Crippen molar-refractivity contribution in [2.75, 3.05) is 5.32 Å². The number of nitrogens with one attached hydrogen (secondary N) is 1. The highest BCUT2D eigenvalue weighted by Crippen LogP contribution is 2.30. The number of halogens is 1. The molecule has 2 aromatic carbocycles. The van der Waals surface area contributed by atoms with E-state index in [-0.39, 0.29) is 11.7 Å². The van der Waals surface area contributed by atoms with E-state index in [1.807, 2.05) is 30.3 Å². The van der Waals surface area contributed by atoms with Gasteiger partial charge in [-0.2, -0.15) is 10.2 Å². The lowest BCUT2D eigenvalue weighted by molar-refractivity contribution is 0.102. The normalized spacial score (nSPS) is 10.4. The number of anilines is 1. The van der Waals surface area contributed by atoms with E-state index in [0.717, 1.165) is 4.90 Å². The molecular formula is C18H14FN3OS. The van der Waals surface area contributed by atoms with E-state index in [2.05, 4.69) is 15.5 Å². The van der Waals surface area contributed by atoms with Crippen LogP contribution in [0.3, 0.4) is 0 Å². The predicted molar refractivity (Wildman–Crippen MR) is 92.4 cm³/mol. The van der Waals surface area contributed by atoms with Gasteiger partial charge in [0.25, 0.3) is 5.91 Å². The van der Waals surface area contributed by atoms with Gasteiger partial charge < -0.3 is 5.32 Å². The Morgan fingerprint density at radius 3 is 2.62 bits per heavy atom. The average Bonchev–Trinajstić information content (AvgIpc) is 2.63. The molecule has 0 spiro atoms. The van der Waals surface area contributed by atoms with Gasteiger partial charge in [-0.25, -0.2) is 4.39 Å². The number of thioether (sulfide) groups is 1. The van der Waals surface area contributed by atoms with Crippen molar-refractivity contribution < 1.29 is 9.18 Å². The summed E-state index contributed by atoms with van der Waals surface area (Å²) >= 11 is 1.47. The molecule has 4 nitrogen and oxygen atoms in total. The maximum absolute atomic E-state index is 13.7. The van der Waals surface area contributed by atoms with Crippen LogP contribution in [0.5, 0.6) is 0 Å². The molecule has 1 heterocycles. The van der Waals surface area contributed by atoms with Gasteiger partial charge in [-0.3, -0.25) is 4.79 Å². The van der Waals surface area contributed by atoms with Crippen LogP contribution >= 0.6 is 11.8 Å². The summed E-state index contributed by atoms with van der Waals surface area (Å²) in [5.41, 5.74) is 1.74. The van der Waals surface area contributed by atoms with Crippen LogP contribution in [-0.4, -0.2) is 16.1 Å². The number of aromatic nitrogens is 2. The van der Waals surface area contributed by atoms with Crippen LogP contribution in [0.4, 0.5) is 10.1 Å². The first-order valence-electron chi connectivity index (χ1n) is 7.27. The molecule has 3 rings (SSSR count). The van der Waals surface area contributed by atoms with Gasteiger partial charge in [0.15, 0.2) is 0 Å². The zero-order valence-corrected chi connectivity index (χ0v) is 13.5. The molecule has 0 radical (unpaired) electrons. The minimum Gasteiger partial charge on any atom is -0.321 e. The van der Waals surface area contributed by atoms with Crippen molar-refractivity contribution in [1.29, 1.82) is 0 Å². The Hall–Kier alpha value is -2.73. The monoisotopic (exact) mass is 339 g/mol. The number of amides is 1. The van der Waals surface area contributed by atoms with Crippen LogP contribution in [0, 0.1) is 5.82 Å². The van der Waals surface area contributed by atoms with Gasteiger partial charge in [0, 0.05) is 10.6 Å². The lowest BCUT2D eigenvalue weighted by atomic mass is 10.2. The molecule has 0 aliphatic heterocycles. The molecule has 24 heavy (non-hydrogen) atoms. The Morgan fingerprint density at radius 1 is 1.04 bits per heavy atom. The summed E-state index contributed by atoms with van der Waals surface area (Å²) < 4.78 is 13.7. The number of hydrogen-bond donors (Lipinski definition) is 1. The molecule has 120 valence electrons. The van der Waals surface area contributed by atoms with E-state index in [4.69, 9.17) is 0 Å².